The molecule has 2 rings (SSSR count). The molecule has 0 saturated heterocycles. The summed E-state index contributed by atoms with van der Waals surface area (Å²) in [5.41, 5.74) is 3.10. The van der Waals surface area contributed by atoms with Crippen LogP contribution >= 0.6 is 0 Å². The first-order chi connectivity index (χ1) is 9.32. The maximum atomic E-state index is 11.1. The maximum Gasteiger partial charge on any atom is 0.337 e. The van der Waals surface area contributed by atoms with Gasteiger partial charge in [-0.15, -0.1) is 0 Å². The van der Waals surface area contributed by atoms with Gasteiger partial charge in [-0.25, -0.2) is 4.79 Å². The van der Waals surface area contributed by atoms with Crippen molar-refractivity contribution in [2.75, 3.05) is 0 Å². The first-order valence-corrected chi connectivity index (χ1v) is 6.00. The highest BCUT2D eigenvalue weighted by molar-refractivity contribution is 5.89. The molecule has 20 heavy (non-hydrogen) atoms. The lowest BCUT2D eigenvalue weighted by Gasteiger charge is -2.12. The molecule has 0 aliphatic rings. The van der Waals surface area contributed by atoms with Gasteiger partial charge in [-0.05, 0) is 38.5 Å². The second-order valence-electron chi connectivity index (χ2n) is 4.65. The van der Waals surface area contributed by atoms with Crippen LogP contribution in [0.1, 0.15) is 27.3 Å². The molecular formula is C14H14N2O4. The number of non-ortho nitro benzene ring substituents is 1. The van der Waals surface area contributed by atoms with Crippen molar-refractivity contribution in [3.63, 3.8) is 0 Å². The summed E-state index contributed by atoms with van der Waals surface area (Å²) in [4.78, 5) is 21.4. The minimum absolute atomic E-state index is 0.0205. The van der Waals surface area contributed by atoms with Crippen molar-refractivity contribution < 1.29 is 14.8 Å². The van der Waals surface area contributed by atoms with Gasteiger partial charge in [0.05, 0.1) is 10.5 Å². The number of carboxylic acid groups (broad SMARTS) is 1. The SMILES string of the molecule is Cc1cc([N+](=O)[O-])ccc1-n1c(C)cc(C(=O)O)c1C. The predicted molar refractivity (Wildman–Crippen MR) is 73.6 cm³/mol. The van der Waals surface area contributed by atoms with E-state index in [1.165, 1.54) is 12.1 Å². The van der Waals surface area contributed by atoms with E-state index in [2.05, 4.69) is 0 Å². The van der Waals surface area contributed by atoms with Gasteiger partial charge in [0.2, 0.25) is 0 Å². The average molecular weight is 274 g/mol. The Labute approximate surface area is 115 Å². The molecule has 0 fully saturated rings. The highest BCUT2D eigenvalue weighted by Crippen LogP contribution is 2.26. The zero-order valence-electron chi connectivity index (χ0n) is 11.4. The van der Waals surface area contributed by atoms with E-state index in [9.17, 15) is 14.9 Å². The number of hydrogen-bond donors (Lipinski definition) is 1. The van der Waals surface area contributed by atoms with Crippen molar-refractivity contribution in [2.24, 2.45) is 0 Å². The molecule has 0 spiro atoms. The number of rotatable bonds is 3. The Morgan fingerprint density at radius 2 is 1.90 bits per heavy atom. The van der Waals surface area contributed by atoms with Crippen molar-refractivity contribution in [2.45, 2.75) is 20.8 Å². The predicted octanol–water partition coefficient (Wildman–Crippen LogP) is 3.01. The monoisotopic (exact) mass is 274 g/mol. The standard InChI is InChI=1S/C14H14N2O4/c1-8-6-11(16(19)20)4-5-13(8)15-9(2)7-12(10(15)3)14(17)18/h4-7H,1-3H3,(H,17,18). The van der Waals surface area contributed by atoms with E-state index in [1.54, 1.807) is 37.5 Å². The Morgan fingerprint density at radius 3 is 2.35 bits per heavy atom. The molecule has 0 atom stereocenters. The highest BCUT2D eigenvalue weighted by Gasteiger charge is 2.17. The number of aromatic nitrogens is 1. The molecule has 6 heteroatoms. The normalized spacial score (nSPS) is 10.6. The number of nitrogens with zero attached hydrogens (tertiary/aromatic N) is 2. The average Bonchev–Trinajstić information content (AvgIpc) is 2.65. The zero-order chi connectivity index (χ0) is 15.0. The second kappa shape index (κ2) is 4.80. The van der Waals surface area contributed by atoms with Crippen LogP contribution in [-0.4, -0.2) is 20.6 Å². The van der Waals surface area contributed by atoms with Crippen LogP contribution in [0.5, 0.6) is 0 Å². The number of hydrogen-bond acceptors (Lipinski definition) is 3. The first kappa shape index (κ1) is 13.8. The van der Waals surface area contributed by atoms with Crippen LogP contribution in [0.15, 0.2) is 24.3 Å². The van der Waals surface area contributed by atoms with Gasteiger partial charge in [0, 0.05) is 29.2 Å². The summed E-state index contributed by atoms with van der Waals surface area (Å²) >= 11 is 0. The van der Waals surface area contributed by atoms with E-state index in [4.69, 9.17) is 5.11 Å². The highest BCUT2D eigenvalue weighted by atomic mass is 16.6. The number of nitro groups is 1. The van der Waals surface area contributed by atoms with Crippen LogP contribution < -0.4 is 0 Å². The van der Waals surface area contributed by atoms with E-state index in [1.807, 2.05) is 0 Å². The number of carboxylic acids is 1. The quantitative estimate of drug-likeness (QED) is 0.688. The molecular weight excluding hydrogens is 260 g/mol. The van der Waals surface area contributed by atoms with Gasteiger partial charge < -0.3 is 9.67 Å². The topological polar surface area (TPSA) is 85.4 Å². The van der Waals surface area contributed by atoms with E-state index in [-0.39, 0.29) is 11.3 Å². The fraction of sp³-hybridized carbons (Fsp3) is 0.214. The van der Waals surface area contributed by atoms with Gasteiger partial charge in [0.1, 0.15) is 0 Å². The third kappa shape index (κ3) is 2.16. The Kier molecular flexibility index (Phi) is 3.31. The van der Waals surface area contributed by atoms with Crippen molar-refractivity contribution >= 4 is 11.7 Å². The third-order valence-corrected chi connectivity index (χ3v) is 3.29. The number of carbonyl (C=O) groups is 1. The molecule has 6 nitrogen and oxygen atoms in total. The van der Waals surface area contributed by atoms with Gasteiger partial charge in [0.15, 0.2) is 0 Å². The minimum atomic E-state index is -0.982. The van der Waals surface area contributed by atoms with Crippen LogP contribution in [-0.2, 0) is 0 Å². The van der Waals surface area contributed by atoms with Crippen LogP contribution in [0.4, 0.5) is 5.69 Å². The molecule has 1 heterocycles. The number of aryl methyl sites for hydroxylation is 2. The van der Waals surface area contributed by atoms with Gasteiger partial charge in [0.25, 0.3) is 5.69 Å². The van der Waals surface area contributed by atoms with Gasteiger partial charge in [-0.3, -0.25) is 10.1 Å². The lowest BCUT2D eigenvalue weighted by molar-refractivity contribution is -0.384. The second-order valence-corrected chi connectivity index (χ2v) is 4.65. The zero-order valence-corrected chi connectivity index (χ0v) is 11.4. The van der Waals surface area contributed by atoms with E-state index < -0.39 is 10.9 Å². The summed E-state index contributed by atoms with van der Waals surface area (Å²) in [6.07, 6.45) is 0. The minimum Gasteiger partial charge on any atom is -0.478 e. The largest absolute Gasteiger partial charge is 0.478 e. The summed E-state index contributed by atoms with van der Waals surface area (Å²) in [5, 5.41) is 19.9. The molecule has 0 unspecified atom stereocenters. The van der Waals surface area contributed by atoms with E-state index >= 15 is 0 Å². The van der Waals surface area contributed by atoms with Gasteiger partial charge >= 0.3 is 5.97 Å². The summed E-state index contributed by atoms with van der Waals surface area (Å²) < 4.78 is 1.79. The number of aromatic carboxylic acids is 1. The molecule has 0 aliphatic heterocycles. The summed E-state index contributed by atoms with van der Waals surface area (Å²) in [5.74, 6) is -0.982. The van der Waals surface area contributed by atoms with Crippen LogP contribution in [0, 0.1) is 30.9 Å². The van der Waals surface area contributed by atoms with Gasteiger partial charge in [-0.2, -0.15) is 0 Å². The molecule has 2 aromatic rings. The molecule has 0 saturated carbocycles. The van der Waals surface area contributed by atoms with Crippen LogP contribution in [0.3, 0.4) is 0 Å². The van der Waals surface area contributed by atoms with Crippen molar-refractivity contribution in [1.82, 2.24) is 4.57 Å². The first-order valence-electron chi connectivity index (χ1n) is 6.00. The molecule has 104 valence electrons. The fourth-order valence-corrected chi connectivity index (χ4v) is 2.35. The summed E-state index contributed by atoms with van der Waals surface area (Å²) in [6, 6.07) is 6.13. The molecule has 1 aromatic carbocycles. The van der Waals surface area contributed by atoms with E-state index in [0.29, 0.717) is 5.69 Å². The van der Waals surface area contributed by atoms with Crippen LogP contribution in [0.2, 0.25) is 0 Å². The van der Waals surface area contributed by atoms with Gasteiger partial charge in [-0.1, -0.05) is 0 Å². The number of nitro benzene ring substituents is 1. The Balaban J connectivity index is 2.63. The smallest absolute Gasteiger partial charge is 0.337 e. The maximum absolute atomic E-state index is 11.1. The third-order valence-electron chi connectivity index (χ3n) is 3.29. The Bertz CT molecular complexity index is 716. The van der Waals surface area contributed by atoms with E-state index in [0.717, 1.165) is 16.9 Å². The molecule has 1 N–H and O–H groups in total. The molecule has 0 radical (unpaired) electrons. The molecule has 1 aromatic heterocycles. The molecule has 0 aliphatic carbocycles. The van der Waals surface area contributed by atoms with Crippen molar-refractivity contribution in [1.29, 1.82) is 0 Å². The summed E-state index contributed by atoms with van der Waals surface area (Å²) in [6.45, 7) is 5.29. The summed E-state index contributed by atoms with van der Waals surface area (Å²) in [7, 11) is 0. The number of benzene rings is 1. The van der Waals surface area contributed by atoms with Crippen molar-refractivity contribution in [3.05, 3.63) is 56.9 Å². The molecule has 0 amide bonds. The lowest BCUT2D eigenvalue weighted by Crippen LogP contribution is -2.04. The fourth-order valence-electron chi connectivity index (χ4n) is 2.35. The Hall–Kier alpha value is -2.63. The van der Waals surface area contributed by atoms with Crippen molar-refractivity contribution in [3.8, 4) is 5.69 Å². The molecule has 0 bridgehead atoms. The Morgan fingerprint density at radius 1 is 1.25 bits per heavy atom. The van der Waals surface area contributed by atoms with Crippen LogP contribution in [0.25, 0.3) is 5.69 Å². The lowest BCUT2D eigenvalue weighted by atomic mass is 10.1.